The fourth-order valence-electron chi connectivity index (χ4n) is 1.56. The van der Waals surface area contributed by atoms with E-state index < -0.39 is 12.1 Å². The van der Waals surface area contributed by atoms with Gasteiger partial charge in [-0.25, -0.2) is 9.18 Å². The molecule has 0 amide bonds. The highest BCUT2D eigenvalue weighted by atomic mass is 19.1. The van der Waals surface area contributed by atoms with E-state index >= 15 is 0 Å². The van der Waals surface area contributed by atoms with E-state index in [4.69, 9.17) is 14.9 Å². The number of ether oxygens (including phenoxy) is 1. The molecule has 1 atom stereocenters. The molecule has 4 nitrogen and oxygen atoms in total. The number of hydrogen-bond acceptors (Lipinski definition) is 3. The van der Waals surface area contributed by atoms with Gasteiger partial charge in [-0.15, -0.1) is 0 Å². The van der Waals surface area contributed by atoms with Crippen LogP contribution in [0, 0.1) is 5.82 Å². The van der Waals surface area contributed by atoms with Crippen molar-refractivity contribution in [2.24, 2.45) is 0 Å². The maximum atomic E-state index is 13.4. The molecule has 0 saturated heterocycles. The summed E-state index contributed by atoms with van der Waals surface area (Å²) < 4.78 is 18.7. The number of aliphatic hydroxyl groups is 1. The molecule has 0 aliphatic heterocycles. The van der Waals surface area contributed by atoms with E-state index in [-0.39, 0.29) is 12.4 Å². The molecule has 0 radical (unpaired) electrons. The molecule has 18 heavy (non-hydrogen) atoms. The molecule has 0 spiro atoms. The lowest BCUT2D eigenvalue weighted by molar-refractivity contribution is -0.145. The molecule has 0 heterocycles. The average Bonchev–Trinajstić information content (AvgIpc) is 2.35. The molecule has 1 rings (SSSR count). The first-order chi connectivity index (χ1) is 8.58. The summed E-state index contributed by atoms with van der Waals surface area (Å²) >= 11 is 0. The van der Waals surface area contributed by atoms with Crippen molar-refractivity contribution in [1.82, 2.24) is 0 Å². The van der Waals surface area contributed by atoms with Gasteiger partial charge in [0.15, 0.2) is 6.10 Å². The van der Waals surface area contributed by atoms with Gasteiger partial charge in [0, 0.05) is 6.61 Å². The fourth-order valence-corrected chi connectivity index (χ4v) is 1.56. The lowest BCUT2D eigenvalue weighted by Gasteiger charge is -2.14. The topological polar surface area (TPSA) is 66.8 Å². The molecule has 0 aliphatic carbocycles. The van der Waals surface area contributed by atoms with Crippen LogP contribution in [0.15, 0.2) is 18.2 Å². The van der Waals surface area contributed by atoms with Gasteiger partial charge in [0.05, 0.1) is 0 Å². The lowest BCUT2D eigenvalue weighted by Crippen LogP contribution is -2.25. The smallest absolute Gasteiger partial charge is 0.344 e. The molecule has 0 aromatic heterocycles. The minimum Gasteiger partial charge on any atom is -0.479 e. The van der Waals surface area contributed by atoms with E-state index in [1.54, 1.807) is 6.92 Å². The Bertz CT molecular complexity index is 406. The van der Waals surface area contributed by atoms with Gasteiger partial charge in [-0.1, -0.05) is 6.92 Å². The van der Waals surface area contributed by atoms with E-state index in [0.717, 1.165) is 0 Å². The van der Waals surface area contributed by atoms with E-state index in [9.17, 15) is 9.18 Å². The summed E-state index contributed by atoms with van der Waals surface area (Å²) in [6.45, 7) is 1.69. The van der Waals surface area contributed by atoms with Crippen molar-refractivity contribution in [3.8, 4) is 5.75 Å². The van der Waals surface area contributed by atoms with Gasteiger partial charge in [-0.3, -0.25) is 0 Å². The normalized spacial score (nSPS) is 12.2. The van der Waals surface area contributed by atoms with Crippen molar-refractivity contribution in [3.63, 3.8) is 0 Å². The second kappa shape index (κ2) is 6.96. The van der Waals surface area contributed by atoms with E-state index in [1.165, 1.54) is 18.2 Å². The first-order valence-electron chi connectivity index (χ1n) is 5.87. The van der Waals surface area contributed by atoms with E-state index in [0.29, 0.717) is 30.6 Å². The third-order valence-corrected chi connectivity index (χ3v) is 2.55. The van der Waals surface area contributed by atoms with Crippen molar-refractivity contribution in [1.29, 1.82) is 0 Å². The molecular weight excluding hydrogens is 239 g/mol. The fraction of sp³-hybridized carbons (Fsp3) is 0.462. The zero-order chi connectivity index (χ0) is 13.5. The predicted octanol–water partition coefficient (Wildman–Crippen LogP) is 1.99. The highest BCUT2D eigenvalue weighted by Crippen LogP contribution is 2.20. The average molecular weight is 256 g/mol. The van der Waals surface area contributed by atoms with Gasteiger partial charge in [0.1, 0.15) is 11.6 Å². The first kappa shape index (κ1) is 14.4. The summed E-state index contributed by atoms with van der Waals surface area (Å²) in [5.74, 6) is -1.09. The summed E-state index contributed by atoms with van der Waals surface area (Å²) in [5, 5.41) is 17.6. The van der Waals surface area contributed by atoms with E-state index in [2.05, 4.69) is 0 Å². The molecule has 100 valence electrons. The first-order valence-corrected chi connectivity index (χ1v) is 5.87. The maximum absolute atomic E-state index is 13.4. The van der Waals surface area contributed by atoms with Crippen LogP contribution in [-0.2, 0) is 11.2 Å². The summed E-state index contributed by atoms with van der Waals surface area (Å²) in [6, 6.07) is 4.14. The second-order valence-electron chi connectivity index (χ2n) is 3.93. The van der Waals surface area contributed by atoms with Crippen LogP contribution in [0.4, 0.5) is 4.39 Å². The van der Waals surface area contributed by atoms with Gasteiger partial charge in [-0.2, -0.15) is 0 Å². The minimum absolute atomic E-state index is 0.0166. The van der Waals surface area contributed by atoms with Gasteiger partial charge < -0.3 is 14.9 Å². The van der Waals surface area contributed by atoms with Crippen LogP contribution in [-0.4, -0.2) is 28.9 Å². The molecule has 1 aromatic rings. The van der Waals surface area contributed by atoms with Crippen molar-refractivity contribution in [2.45, 2.75) is 32.3 Å². The number of benzene rings is 1. The van der Waals surface area contributed by atoms with Crippen LogP contribution >= 0.6 is 0 Å². The lowest BCUT2D eigenvalue weighted by atomic mass is 10.1. The maximum Gasteiger partial charge on any atom is 0.344 e. The molecule has 0 unspecified atom stereocenters. The van der Waals surface area contributed by atoms with Crippen molar-refractivity contribution in [3.05, 3.63) is 29.6 Å². The Morgan fingerprint density at radius 2 is 2.22 bits per heavy atom. The predicted molar refractivity (Wildman–Crippen MR) is 64.1 cm³/mol. The number of aryl methyl sites for hydroxylation is 1. The molecule has 0 saturated carbocycles. The summed E-state index contributed by atoms with van der Waals surface area (Å²) in [6.07, 6.45) is 0.250. The highest BCUT2D eigenvalue weighted by molar-refractivity contribution is 5.72. The Morgan fingerprint density at radius 1 is 1.50 bits per heavy atom. The third-order valence-electron chi connectivity index (χ3n) is 2.55. The van der Waals surface area contributed by atoms with Crippen molar-refractivity contribution >= 4 is 5.97 Å². The van der Waals surface area contributed by atoms with Crippen LogP contribution in [0.2, 0.25) is 0 Å². The molecule has 0 aliphatic rings. The summed E-state index contributed by atoms with van der Waals surface area (Å²) in [7, 11) is 0. The molecule has 5 heteroatoms. The largest absolute Gasteiger partial charge is 0.479 e. The van der Waals surface area contributed by atoms with Crippen molar-refractivity contribution in [2.75, 3.05) is 6.61 Å². The number of carbonyl (C=O) groups is 1. The van der Waals surface area contributed by atoms with E-state index in [1.807, 2.05) is 0 Å². The van der Waals surface area contributed by atoms with Crippen molar-refractivity contribution < 1.29 is 24.1 Å². The van der Waals surface area contributed by atoms with Gasteiger partial charge in [0.25, 0.3) is 0 Å². The Morgan fingerprint density at radius 3 is 2.78 bits per heavy atom. The number of carboxylic acids is 1. The summed E-state index contributed by atoms with van der Waals surface area (Å²) in [4.78, 5) is 10.8. The molecule has 0 fully saturated rings. The number of halogens is 1. The summed E-state index contributed by atoms with van der Waals surface area (Å²) in [5.41, 5.74) is 0.418. The molecular formula is C13H17FO4. The quantitative estimate of drug-likeness (QED) is 0.783. The number of aliphatic carboxylic acids is 1. The number of aliphatic hydroxyl groups excluding tert-OH is 1. The number of rotatable bonds is 7. The Labute approximate surface area is 105 Å². The standard InChI is InChI=1S/C13H17FO4/c1-2-12(13(16)17)18-10-5-6-11(14)9(8-10)4-3-7-15/h5-6,8,12,15H,2-4,7H2,1H3,(H,16,17)/t12-/m0/s1. The zero-order valence-corrected chi connectivity index (χ0v) is 10.2. The van der Waals surface area contributed by atoms with Crippen LogP contribution in [0.25, 0.3) is 0 Å². The molecule has 2 N–H and O–H groups in total. The number of hydrogen-bond donors (Lipinski definition) is 2. The molecule has 1 aromatic carbocycles. The minimum atomic E-state index is -1.04. The number of carboxylic acid groups (broad SMARTS) is 1. The van der Waals surface area contributed by atoms with Crippen LogP contribution in [0.5, 0.6) is 5.75 Å². The van der Waals surface area contributed by atoms with Gasteiger partial charge >= 0.3 is 5.97 Å². The SMILES string of the molecule is CC[C@H](Oc1ccc(F)c(CCCO)c1)C(=O)O. The van der Waals surface area contributed by atoms with Crippen LogP contribution in [0.3, 0.4) is 0 Å². The monoisotopic (exact) mass is 256 g/mol. The molecule has 0 bridgehead atoms. The second-order valence-corrected chi connectivity index (χ2v) is 3.93. The van der Waals surface area contributed by atoms with Gasteiger partial charge in [-0.05, 0) is 43.0 Å². The van der Waals surface area contributed by atoms with Gasteiger partial charge in [0.2, 0.25) is 0 Å². The Hall–Kier alpha value is -1.62. The Kier molecular flexibility index (Phi) is 5.58. The highest BCUT2D eigenvalue weighted by Gasteiger charge is 2.17. The Balaban J connectivity index is 2.80. The van der Waals surface area contributed by atoms with Crippen LogP contribution < -0.4 is 4.74 Å². The van der Waals surface area contributed by atoms with Crippen LogP contribution in [0.1, 0.15) is 25.3 Å². The third kappa shape index (κ3) is 4.00. The zero-order valence-electron chi connectivity index (χ0n) is 10.2.